The Kier molecular flexibility index (Phi) is 6.49. The molecule has 9 nitrogen and oxygen atoms in total. The standard InChI is InChI=1S/C21H12N4O5S3/c26-18-17(33-21(31)24(18)14-5-3-13(4-6-14)19(27)28)11-12-2-7-16(15(10-12)25(29)30)32-20-22-8-1-9-23-20/h1-11H,(H,27,28)/b17-11-. The largest absolute Gasteiger partial charge is 0.478 e. The van der Waals surface area contributed by atoms with Crippen LogP contribution in [-0.2, 0) is 4.79 Å². The molecule has 1 N–H and O–H groups in total. The van der Waals surface area contributed by atoms with Crippen molar-refractivity contribution in [3.05, 3.63) is 87.1 Å². The molecule has 2 aromatic carbocycles. The molecule has 4 rings (SSSR count). The summed E-state index contributed by atoms with van der Waals surface area (Å²) in [5.74, 6) is -1.47. The molecule has 2 heterocycles. The number of hydrogen-bond donors (Lipinski definition) is 1. The molecule has 164 valence electrons. The number of thioether (sulfide) groups is 1. The number of nitro groups is 1. The van der Waals surface area contributed by atoms with Gasteiger partial charge in [-0.15, -0.1) is 0 Å². The molecule has 0 aliphatic carbocycles. The van der Waals surface area contributed by atoms with E-state index in [1.165, 1.54) is 41.3 Å². The number of nitro benzene ring substituents is 1. The number of carboxylic acid groups (broad SMARTS) is 1. The molecule has 1 aliphatic rings. The first kappa shape index (κ1) is 22.6. The van der Waals surface area contributed by atoms with Gasteiger partial charge in [0.05, 0.1) is 26.0 Å². The monoisotopic (exact) mass is 496 g/mol. The maximum Gasteiger partial charge on any atom is 0.335 e. The first-order valence-corrected chi connectivity index (χ1v) is 11.2. The second-order valence-corrected chi connectivity index (χ2v) is 9.17. The molecule has 1 amide bonds. The Bertz CT molecular complexity index is 1310. The second kappa shape index (κ2) is 9.48. The van der Waals surface area contributed by atoms with Crippen molar-refractivity contribution in [2.24, 2.45) is 0 Å². The Labute approximate surface area is 200 Å². The Balaban J connectivity index is 1.61. The van der Waals surface area contributed by atoms with Gasteiger partial charge < -0.3 is 5.11 Å². The van der Waals surface area contributed by atoms with Crippen molar-refractivity contribution in [3.63, 3.8) is 0 Å². The van der Waals surface area contributed by atoms with E-state index in [4.69, 9.17) is 17.3 Å². The zero-order valence-electron chi connectivity index (χ0n) is 16.4. The lowest BCUT2D eigenvalue weighted by Crippen LogP contribution is -2.27. The molecule has 1 aliphatic heterocycles. The van der Waals surface area contributed by atoms with Crippen LogP contribution in [0.1, 0.15) is 15.9 Å². The third kappa shape index (κ3) is 4.92. The van der Waals surface area contributed by atoms with E-state index < -0.39 is 16.8 Å². The van der Waals surface area contributed by atoms with Gasteiger partial charge in [0.25, 0.3) is 11.6 Å². The third-order valence-corrected chi connectivity index (χ3v) is 6.65. The Hall–Kier alpha value is -3.61. The fourth-order valence-corrected chi connectivity index (χ4v) is 4.98. The fraction of sp³-hybridized carbons (Fsp3) is 0. The summed E-state index contributed by atoms with van der Waals surface area (Å²) in [6.07, 6.45) is 4.63. The molecule has 0 spiro atoms. The maximum atomic E-state index is 12.9. The van der Waals surface area contributed by atoms with Crippen LogP contribution in [0, 0.1) is 10.1 Å². The van der Waals surface area contributed by atoms with Crippen LogP contribution >= 0.6 is 35.7 Å². The van der Waals surface area contributed by atoms with Crippen molar-refractivity contribution in [3.8, 4) is 0 Å². The topological polar surface area (TPSA) is 127 Å². The highest BCUT2D eigenvalue weighted by atomic mass is 32.2. The second-order valence-electron chi connectivity index (χ2n) is 6.49. The van der Waals surface area contributed by atoms with Crippen molar-refractivity contribution in [2.75, 3.05) is 4.90 Å². The van der Waals surface area contributed by atoms with Crippen LogP contribution in [0.2, 0.25) is 0 Å². The van der Waals surface area contributed by atoms with E-state index in [-0.39, 0.29) is 15.6 Å². The van der Waals surface area contributed by atoms with Gasteiger partial charge in [0.2, 0.25) is 0 Å². The molecule has 1 fully saturated rings. The van der Waals surface area contributed by atoms with Crippen molar-refractivity contribution in [1.82, 2.24) is 9.97 Å². The molecule has 0 saturated carbocycles. The summed E-state index contributed by atoms with van der Waals surface area (Å²) in [6, 6.07) is 12.0. The smallest absolute Gasteiger partial charge is 0.335 e. The quantitative estimate of drug-likeness (QED) is 0.169. The molecule has 1 saturated heterocycles. The maximum absolute atomic E-state index is 12.9. The van der Waals surface area contributed by atoms with Gasteiger partial charge in [0, 0.05) is 18.5 Å². The molecule has 3 aromatic rings. The molecule has 1 aromatic heterocycles. The molecule has 12 heteroatoms. The van der Waals surface area contributed by atoms with Gasteiger partial charge in [-0.25, -0.2) is 14.8 Å². The van der Waals surface area contributed by atoms with Gasteiger partial charge in [0.15, 0.2) is 9.48 Å². The number of rotatable bonds is 6. The van der Waals surface area contributed by atoms with E-state index in [1.54, 1.807) is 30.6 Å². The number of aromatic nitrogens is 2. The number of nitrogens with zero attached hydrogens (tertiary/aromatic N) is 4. The number of anilines is 1. The zero-order valence-corrected chi connectivity index (χ0v) is 18.9. The van der Waals surface area contributed by atoms with Crippen LogP contribution in [0.5, 0.6) is 0 Å². The van der Waals surface area contributed by atoms with Crippen molar-refractivity contribution < 1.29 is 19.6 Å². The number of benzene rings is 2. The number of thiocarbonyl (C=S) groups is 1. The van der Waals surface area contributed by atoms with Gasteiger partial charge in [-0.05, 0) is 59.8 Å². The van der Waals surface area contributed by atoms with E-state index in [0.29, 0.717) is 26.2 Å². The highest BCUT2D eigenvalue weighted by Gasteiger charge is 2.33. The summed E-state index contributed by atoms with van der Waals surface area (Å²) in [5.41, 5.74) is 0.847. The summed E-state index contributed by atoms with van der Waals surface area (Å²) in [7, 11) is 0. The molecular formula is C21H12N4O5S3. The molecule has 0 atom stereocenters. The van der Waals surface area contributed by atoms with Crippen LogP contribution < -0.4 is 4.90 Å². The lowest BCUT2D eigenvalue weighted by molar-refractivity contribution is -0.387. The van der Waals surface area contributed by atoms with E-state index in [2.05, 4.69) is 9.97 Å². The van der Waals surface area contributed by atoms with Crippen molar-refractivity contribution >= 4 is 69.4 Å². The SMILES string of the molecule is O=C(O)c1ccc(N2C(=O)/C(=C/c3ccc(Sc4ncccn4)c([N+](=O)[O-])c3)SC2=S)cc1. The predicted molar refractivity (Wildman–Crippen MR) is 128 cm³/mol. The van der Waals surface area contributed by atoms with Crippen molar-refractivity contribution in [1.29, 1.82) is 0 Å². The first-order chi connectivity index (χ1) is 15.8. The zero-order chi connectivity index (χ0) is 23.5. The lowest BCUT2D eigenvalue weighted by Gasteiger charge is -2.14. The van der Waals surface area contributed by atoms with E-state index in [0.717, 1.165) is 23.5 Å². The lowest BCUT2D eigenvalue weighted by atomic mass is 10.1. The minimum Gasteiger partial charge on any atom is -0.478 e. The number of aromatic carboxylic acids is 1. The summed E-state index contributed by atoms with van der Waals surface area (Å²) >= 11 is 7.45. The summed E-state index contributed by atoms with van der Waals surface area (Å²) in [5, 5.41) is 21.0. The molecule has 0 unspecified atom stereocenters. The minimum atomic E-state index is -1.08. The Morgan fingerprint density at radius 3 is 2.52 bits per heavy atom. The minimum absolute atomic E-state index is 0.0888. The predicted octanol–water partition coefficient (Wildman–Crippen LogP) is 4.64. The first-order valence-electron chi connectivity index (χ1n) is 9.18. The average Bonchev–Trinajstić information content (AvgIpc) is 3.08. The van der Waals surface area contributed by atoms with Gasteiger partial charge in [-0.2, -0.15) is 0 Å². The highest BCUT2D eigenvalue weighted by molar-refractivity contribution is 8.27. The van der Waals surface area contributed by atoms with Crippen LogP contribution in [0.3, 0.4) is 0 Å². The van der Waals surface area contributed by atoms with Crippen LogP contribution in [-0.4, -0.2) is 36.2 Å². The molecule has 33 heavy (non-hydrogen) atoms. The van der Waals surface area contributed by atoms with Gasteiger partial charge in [0.1, 0.15) is 0 Å². The number of amides is 1. The Morgan fingerprint density at radius 2 is 1.88 bits per heavy atom. The van der Waals surface area contributed by atoms with E-state index >= 15 is 0 Å². The highest BCUT2D eigenvalue weighted by Crippen LogP contribution is 2.38. The third-order valence-electron chi connectivity index (χ3n) is 4.39. The van der Waals surface area contributed by atoms with Crippen LogP contribution in [0.25, 0.3) is 6.08 Å². The fourth-order valence-electron chi connectivity index (χ4n) is 2.88. The van der Waals surface area contributed by atoms with Gasteiger partial charge in [-0.1, -0.05) is 30.0 Å². The number of hydrogen-bond acceptors (Lipinski definition) is 9. The van der Waals surface area contributed by atoms with E-state index in [9.17, 15) is 19.7 Å². The summed E-state index contributed by atoms with van der Waals surface area (Å²) in [6.45, 7) is 0. The van der Waals surface area contributed by atoms with Gasteiger partial charge >= 0.3 is 5.97 Å². The average molecular weight is 497 g/mol. The molecule has 0 radical (unpaired) electrons. The van der Waals surface area contributed by atoms with Crippen LogP contribution in [0.15, 0.2) is 75.9 Å². The normalized spacial score (nSPS) is 14.7. The molecule has 0 bridgehead atoms. The summed E-state index contributed by atoms with van der Waals surface area (Å²) in [4.78, 5) is 45.2. The van der Waals surface area contributed by atoms with E-state index in [1.807, 2.05) is 0 Å². The number of carboxylic acids is 1. The molecular weight excluding hydrogens is 484 g/mol. The summed E-state index contributed by atoms with van der Waals surface area (Å²) < 4.78 is 0.275. The number of carbonyl (C=O) groups is 2. The Morgan fingerprint density at radius 1 is 1.18 bits per heavy atom. The van der Waals surface area contributed by atoms with Crippen LogP contribution in [0.4, 0.5) is 11.4 Å². The number of carbonyl (C=O) groups excluding carboxylic acids is 1. The van der Waals surface area contributed by atoms with Crippen molar-refractivity contribution in [2.45, 2.75) is 10.1 Å². The van der Waals surface area contributed by atoms with Gasteiger partial charge in [-0.3, -0.25) is 19.8 Å².